The smallest absolute Gasteiger partial charge is 0.247 e. The van der Waals surface area contributed by atoms with Crippen molar-refractivity contribution >= 4 is 11.8 Å². The molecule has 1 aromatic carbocycles. The molecule has 0 saturated heterocycles. The van der Waals surface area contributed by atoms with Gasteiger partial charge in [0.15, 0.2) is 0 Å². The average molecular weight is 267 g/mol. The van der Waals surface area contributed by atoms with Crippen LogP contribution in [0.25, 0.3) is 11.5 Å². The Morgan fingerprint density at radius 3 is 2.72 bits per heavy atom. The molecule has 0 bridgehead atoms. The van der Waals surface area contributed by atoms with Crippen molar-refractivity contribution in [3.05, 3.63) is 36.0 Å². The minimum absolute atomic E-state index is 0.282. The third kappa shape index (κ3) is 3.54. The van der Waals surface area contributed by atoms with Gasteiger partial charge in [-0.3, -0.25) is 0 Å². The zero-order chi connectivity index (χ0) is 12.8. The molecule has 1 aromatic heterocycles. The summed E-state index contributed by atoms with van der Waals surface area (Å²) >= 11 is 1.71. The summed E-state index contributed by atoms with van der Waals surface area (Å²) in [5.41, 5.74) is 6.13. The van der Waals surface area contributed by atoms with Crippen molar-refractivity contribution < 1.29 is 8.81 Å². The highest BCUT2D eigenvalue weighted by atomic mass is 32.2. The summed E-state index contributed by atoms with van der Waals surface area (Å²) in [6.07, 6.45) is 0.976. The molecule has 0 amide bonds. The van der Waals surface area contributed by atoms with Crippen LogP contribution in [0, 0.1) is 5.82 Å². The summed E-state index contributed by atoms with van der Waals surface area (Å²) in [6, 6.07) is 5.98. The van der Waals surface area contributed by atoms with E-state index in [2.05, 4.69) is 10.2 Å². The summed E-state index contributed by atoms with van der Waals surface area (Å²) in [5, 5.41) is 7.89. The van der Waals surface area contributed by atoms with Crippen LogP contribution in [-0.2, 0) is 5.75 Å². The van der Waals surface area contributed by atoms with Gasteiger partial charge in [-0.1, -0.05) is 0 Å². The fourth-order valence-corrected chi connectivity index (χ4v) is 2.17. The summed E-state index contributed by atoms with van der Waals surface area (Å²) in [6.45, 7) is 0.692. The fraction of sp³-hybridized carbons (Fsp3) is 0.333. The predicted octanol–water partition coefficient (Wildman–Crippen LogP) is 2.46. The molecule has 4 nitrogen and oxygen atoms in total. The van der Waals surface area contributed by atoms with E-state index in [0.29, 0.717) is 24.1 Å². The number of nitrogens with zero attached hydrogens (tertiary/aromatic N) is 2. The molecule has 18 heavy (non-hydrogen) atoms. The topological polar surface area (TPSA) is 64.9 Å². The Morgan fingerprint density at radius 1 is 1.22 bits per heavy atom. The van der Waals surface area contributed by atoms with E-state index in [1.807, 2.05) is 0 Å². The van der Waals surface area contributed by atoms with Crippen molar-refractivity contribution in [1.29, 1.82) is 0 Å². The van der Waals surface area contributed by atoms with E-state index in [0.717, 1.165) is 17.7 Å². The summed E-state index contributed by atoms with van der Waals surface area (Å²) in [5.74, 6) is 2.37. The quantitative estimate of drug-likeness (QED) is 0.814. The number of benzene rings is 1. The van der Waals surface area contributed by atoms with Crippen LogP contribution in [0.3, 0.4) is 0 Å². The van der Waals surface area contributed by atoms with E-state index in [-0.39, 0.29) is 5.82 Å². The second-order valence-electron chi connectivity index (χ2n) is 3.70. The van der Waals surface area contributed by atoms with Crippen LogP contribution in [0.15, 0.2) is 28.7 Å². The number of thioether (sulfide) groups is 1. The molecule has 2 N–H and O–H groups in total. The molecule has 0 fully saturated rings. The first-order valence-electron chi connectivity index (χ1n) is 5.65. The molecule has 0 atom stereocenters. The molecule has 6 heteroatoms. The zero-order valence-electron chi connectivity index (χ0n) is 9.80. The van der Waals surface area contributed by atoms with Crippen LogP contribution >= 0.6 is 11.8 Å². The average Bonchev–Trinajstić information content (AvgIpc) is 2.84. The lowest BCUT2D eigenvalue weighted by atomic mass is 10.2. The number of rotatable bonds is 6. The van der Waals surface area contributed by atoms with Crippen LogP contribution in [0.5, 0.6) is 0 Å². The summed E-state index contributed by atoms with van der Waals surface area (Å²) in [4.78, 5) is 0. The second-order valence-corrected chi connectivity index (χ2v) is 4.81. The standard InChI is InChI=1S/C12H14FN3OS/c13-10-4-2-9(3-5-10)12-16-15-11(17-12)8-18-7-1-6-14/h2-5H,1,6-8,14H2. The number of hydrogen-bond donors (Lipinski definition) is 1. The van der Waals surface area contributed by atoms with Gasteiger partial charge in [0.2, 0.25) is 11.8 Å². The Morgan fingerprint density at radius 2 is 2.00 bits per heavy atom. The largest absolute Gasteiger partial charge is 0.420 e. The zero-order valence-corrected chi connectivity index (χ0v) is 10.6. The van der Waals surface area contributed by atoms with E-state index >= 15 is 0 Å². The van der Waals surface area contributed by atoms with Gasteiger partial charge in [0, 0.05) is 5.56 Å². The van der Waals surface area contributed by atoms with Gasteiger partial charge in [-0.05, 0) is 43.0 Å². The maximum atomic E-state index is 12.8. The number of aromatic nitrogens is 2. The molecule has 2 rings (SSSR count). The predicted molar refractivity (Wildman–Crippen MR) is 69.5 cm³/mol. The Kier molecular flexibility index (Phi) is 4.72. The molecule has 96 valence electrons. The van der Waals surface area contributed by atoms with Gasteiger partial charge in [0.05, 0.1) is 5.75 Å². The Balaban J connectivity index is 1.95. The minimum Gasteiger partial charge on any atom is -0.420 e. The van der Waals surface area contributed by atoms with Crippen LogP contribution in [-0.4, -0.2) is 22.5 Å². The van der Waals surface area contributed by atoms with Gasteiger partial charge in [0.1, 0.15) is 5.82 Å². The van der Waals surface area contributed by atoms with E-state index in [4.69, 9.17) is 10.2 Å². The Bertz CT molecular complexity index is 486. The number of halogens is 1. The third-order valence-electron chi connectivity index (χ3n) is 2.28. The van der Waals surface area contributed by atoms with Crippen molar-refractivity contribution in [1.82, 2.24) is 10.2 Å². The van der Waals surface area contributed by atoms with Crippen molar-refractivity contribution in [2.45, 2.75) is 12.2 Å². The molecular formula is C12H14FN3OS. The molecule has 0 spiro atoms. The molecule has 0 aliphatic rings. The molecule has 0 aliphatic heterocycles. The van der Waals surface area contributed by atoms with E-state index in [1.54, 1.807) is 23.9 Å². The molecule has 0 saturated carbocycles. The normalized spacial score (nSPS) is 10.8. The van der Waals surface area contributed by atoms with Crippen molar-refractivity contribution in [3.63, 3.8) is 0 Å². The van der Waals surface area contributed by atoms with Gasteiger partial charge >= 0.3 is 0 Å². The fourth-order valence-electron chi connectivity index (χ4n) is 1.37. The Hall–Kier alpha value is -1.40. The van der Waals surface area contributed by atoms with Gasteiger partial charge in [-0.2, -0.15) is 11.8 Å². The van der Waals surface area contributed by atoms with E-state index in [1.165, 1.54) is 12.1 Å². The first-order valence-corrected chi connectivity index (χ1v) is 6.81. The maximum absolute atomic E-state index is 12.8. The van der Waals surface area contributed by atoms with Crippen LogP contribution in [0.2, 0.25) is 0 Å². The summed E-state index contributed by atoms with van der Waals surface area (Å²) < 4.78 is 18.3. The number of nitrogens with two attached hydrogens (primary N) is 1. The molecular weight excluding hydrogens is 253 g/mol. The molecule has 0 unspecified atom stereocenters. The Labute approximate surface area is 109 Å². The SMILES string of the molecule is NCCCSCc1nnc(-c2ccc(F)cc2)o1. The lowest BCUT2D eigenvalue weighted by Gasteiger charge is -1.96. The van der Waals surface area contributed by atoms with Crippen LogP contribution in [0.1, 0.15) is 12.3 Å². The monoisotopic (exact) mass is 267 g/mol. The van der Waals surface area contributed by atoms with E-state index in [9.17, 15) is 4.39 Å². The summed E-state index contributed by atoms with van der Waals surface area (Å²) in [7, 11) is 0. The molecule has 1 heterocycles. The lowest BCUT2D eigenvalue weighted by molar-refractivity contribution is 0.528. The third-order valence-corrected chi connectivity index (χ3v) is 3.30. The number of hydrogen-bond acceptors (Lipinski definition) is 5. The molecule has 0 radical (unpaired) electrons. The first-order chi connectivity index (χ1) is 8.79. The highest BCUT2D eigenvalue weighted by Gasteiger charge is 2.08. The van der Waals surface area contributed by atoms with Gasteiger partial charge in [0.25, 0.3) is 0 Å². The van der Waals surface area contributed by atoms with E-state index < -0.39 is 0 Å². The van der Waals surface area contributed by atoms with Gasteiger partial charge in [-0.15, -0.1) is 10.2 Å². The highest BCUT2D eigenvalue weighted by molar-refractivity contribution is 7.98. The molecule has 2 aromatic rings. The molecule has 0 aliphatic carbocycles. The van der Waals surface area contributed by atoms with Gasteiger partial charge in [-0.25, -0.2) is 4.39 Å². The minimum atomic E-state index is -0.282. The maximum Gasteiger partial charge on any atom is 0.247 e. The van der Waals surface area contributed by atoms with Crippen molar-refractivity contribution in [3.8, 4) is 11.5 Å². The highest BCUT2D eigenvalue weighted by Crippen LogP contribution is 2.20. The lowest BCUT2D eigenvalue weighted by Crippen LogP contribution is -1.99. The van der Waals surface area contributed by atoms with Crippen LogP contribution < -0.4 is 5.73 Å². The van der Waals surface area contributed by atoms with Gasteiger partial charge < -0.3 is 10.2 Å². The second kappa shape index (κ2) is 6.51. The van der Waals surface area contributed by atoms with Crippen molar-refractivity contribution in [2.24, 2.45) is 5.73 Å². The van der Waals surface area contributed by atoms with Crippen LogP contribution in [0.4, 0.5) is 4.39 Å². The van der Waals surface area contributed by atoms with Crippen molar-refractivity contribution in [2.75, 3.05) is 12.3 Å². The first kappa shape index (κ1) is 13.0.